The molecule has 3 heterocycles. The summed E-state index contributed by atoms with van der Waals surface area (Å²) in [6.45, 7) is 3.67. The third-order valence-electron chi connectivity index (χ3n) is 5.63. The molecular formula is C26H20N2O5S. The van der Waals surface area contributed by atoms with Crippen molar-refractivity contribution < 1.29 is 13.9 Å². The number of fused-ring (bicyclic) bond motifs is 2. The summed E-state index contributed by atoms with van der Waals surface area (Å²) in [5, 5.41) is 0.437. The van der Waals surface area contributed by atoms with E-state index in [4.69, 9.17) is 9.15 Å². The van der Waals surface area contributed by atoms with Crippen molar-refractivity contribution in [2.75, 3.05) is 6.61 Å². The number of para-hydroxylation sites is 1. The third-order valence-corrected chi connectivity index (χ3v) is 6.61. The molecule has 170 valence electrons. The normalized spacial score (nSPS) is 15.8. The molecule has 0 N–H and O–H groups in total. The van der Waals surface area contributed by atoms with Crippen molar-refractivity contribution in [2.24, 2.45) is 4.99 Å². The molecule has 0 amide bonds. The van der Waals surface area contributed by atoms with Gasteiger partial charge in [0.15, 0.2) is 10.2 Å². The fraction of sp³-hybridized carbons (Fsp3) is 0.154. The Morgan fingerprint density at radius 2 is 1.88 bits per heavy atom. The lowest BCUT2D eigenvalue weighted by molar-refractivity contribution is -0.139. The SMILES string of the molecule is CCOC(=O)C1=C(C)N=c2s/c(=C\c3coc4ccccc4c3=O)c(=O)n2C1c1ccccc1. The van der Waals surface area contributed by atoms with E-state index in [9.17, 15) is 14.4 Å². The van der Waals surface area contributed by atoms with Crippen LogP contribution in [0.2, 0.25) is 0 Å². The molecule has 0 saturated heterocycles. The molecule has 5 rings (SSSR count). The van der Waals surface area contributed by atoms with Crippen LogP contribution < -0.4 is 20.3 Å². The lowest BCUT2D eigenvalue weighted by Crippen LogP contribution is -2.40. The highest BCUT2D eigenvalue weighted by Gasteiger charge is 2.33. The molecule has 7 nitrogen and oxygen atoms in total. The number of hydrogen-bond donors (Lipinski definition) is 0. The van der Waals surface area contributed by atoms with Crippen LogP contribution in [0.1, 0.15) is 31.0 Å². The lowest BCUT2D eigenvalue weighted by Gasteiger charge is -2.24. The molecule has 0 radical (unpaired) electrons. The van der Waals surface area contributed by atoms with E-state index in [2.05, 4.69) is 4.99 Å². The first-order valence-electron chi connectivity index (χ1n) is 10.7. The minimum atomic E-state index is -0.688. The van der Waals surface area contributed by atoms with E-state index in [0.29, 0.717) is 31.6 Å². The van der Waals surface area contributed by atoms with Crippen LogP contribution in [0.4, 0.5) is 0 Å². The Morgan fingerprint density at radius 1 is 1.15 bits per heavy atom. The maximum absolute atomic E-state index is 13.6. The quantitative estimate of drug-likeness (QED) is 0.426. The van der Waals surface area contributed by atoms with Crippen LogP contribution in [0.3, 0.4) is 0 Å². The van der Waals surface area contributed by atoms with Gasteiger partial charge < -0.3 is 9.15 Å². The summed E-state index contributed by atoms with van der Waals surface area (Å²) in [6, 6.07) is 15.5. The lowest BCUT2D eigenvalue weighted by atomic mass is 9.96. The minimum absolute atomic E-state index is 0.208. The first-order valence-corrected chi connectivity index (χ1v) is 11.6. The van der Waals surface area contributed by atoms with Crippen molar-refractivity contribution in [3.63, 3.8) is 0 Å². The summed E-state index contributed by atoms with van der Waals surface area (Å²) in [5.41, 5.74) is 1.74. The largest absolute Gasteiger partial charge is 0.463 e. The molecule has 1 atom stereocenters. The van der Waals surface area contributed by atoms with E-state index < -0.39 is 12.0 Å². The number of aromatic nitrogens is 1. The van der Waals surface area contributed by atoms with Crippen molar-refractivity contribution in [3.05, 3.63) is 113 Å². The standard InChI is InChI=1S/C26H20N2O5S/c1-3-32-25(31)21-15(2)27-26-28(22(21)16-9-5-4-6-10-16)24(30)20(34-26)13-17-14-33-19-12-8-7-11-18(19)23(17)29/h4-14,22H,3H2,1-2H3/b20-13-. The fourth-order valence-corrected chi connectivity index (χ4v) is 5.11. The highest BCUT2D eigenvalue weighted by Crippen LogP contribution is 2.30. The second-order valence-electron chi connectivity index (χ2n) is 7.73. The van der Waals surface area contributed by atoms with Crippen molar-refractivity contribution in [3.8, 4) is 0 Å². The van der Waals surface area contributed by atoms with Gasteiger partial charge in [0.1, 0.15) is 11.8 Å². The van der Waals surface area contributed by atoms with Gasteiger partial charge in [-0.25, -0.2) is 9.79 Å². The van der Waals surface area contributed by atoms with Crippen LogP contribution in [0, 0.1) is 0 Å². The summed E-state index contributed by atoms with van der Waals surface area (Å²) < 4.78 is 12.7. The van der Waals surface area contributed by atoms with Crippen LogP contribution in [-0.4, -0.2) is 17.1 Å². The molecule has 0 saturated carbocycles. The number of thiazole rings is 1. The van der Waals surface area contributed by atoms with Crippen LogP contribution in [0.15, 0.2) is 91.1 Å². The molecule has 0 aliphatic carbocycles. The Balaban J connectivity index is 1.74. The first-order chi connectivity index (χ1) is 16.5. The van der Waals surface area contributed by atoms with Gasteiger partial charge >= 0.3 is 5.97 Å². The number of carbonyl (C=O) groups is 1. The van der Waals surface area contributed by atoms with Gasteiger partial charge in [0.05, 0.1) is 39.4 Å². The highest BCUT2D eigenvalue weighted by atomic mass is 32.1. The zero-order valence-electron chi connectivity index (χ0n) is 18.5. The van der Waals surface area contributed by atoms with E-state index in [1.54, 1.807) is 38.1 Å². The number of benzene rings is 2. The summed E-state index contributed by atoms with van der Waals surface area (Å²) in [6.07, 6.45) is 2.88. The van der Waals surface area contributed by atoms with E-state index in [1.165, 1.54) is 16.9 Å². The Labute approximate surface area is 197 Å². The molecule has 0 fully saturated rings. The highest BCUT2D eigenvalue weighted by molar-refractivity contribution is 7.07. The number of nitrogens with zero attached hydrogens (tertiary/aromatic N) is 2. The number of rotatable bonds is 4. The zero-order chi connectivity index (χ0) is 23.8. The first kappa shape index (κ1) is 21.8. The fourth-order valence-electron chi connectivity index (χ4n) is 4.08. The van der Waals surface area contributed by atoms with Gasteiger partial charge in [-0.2, -0.15) is 0 Å². The second kappa shape index (κ2) is 8.72. The second-order valence-corrected chi connectivity index (χ2v) is 8.74. The Kier molecular flexibility index (Phi) is 5.59. The summed E-state index contributed by atoms with van der Waals surface area (Å²) in [5.74, 6) is -0.512. The van der Waals surface area contributed by atoms with Gasteiger partial charge in [0, 0.05) is 0 Å². The average molecular weight is 473 g/mol. The average Bonchev–Trinajstić information content (AvgIpc) is 3.15. The van der Waals surface area contributed by atoms with Crippen LogP contribution >= 0.6 is 11.3 Å². The summed E-state index contributed by atoms with van der Waals surface area (Å²) in [4.78, 5) is 44.4. The third kappa shape index (κ3) is 3.62. The number of allylic oxidation sites excluding steroid dienone is 1. The van der Waals surface area contributed by atoms with Gasteiger partial charge in [-0.3, -0.25) is 14.2 Å². The summed E-state index contributed by atoms with van der Waals surface area (Å²) in [7, 11) is 0. The van der Waals surface area contributed by atoms with Gasteiger partial charge in [-0.1, -0.05) is 53.8 Å². The Hall–Kier alpha value is -4.04. The maximum atomic E-state index is 13.6. The topological polar surface area (TPSA) is 90.9 Å². The maximum Gasteiger partial charge on any atom is 0.338 e. The number of hydrogen-bond acceptors (Lipinski definition) is 7. The smallest absolute Gasteiger partial charge is 0.338 e. The molecule has 1 aliphatic rings. The molecule has 0 spiro atoms. The van der Waals surface area contributed by atoms with E-state index in [0.717, 1.165) is 16.9 Å². The van der Waals surface area contributed by atoms with Gasteiger partial charge in [-0.15, -0.1) is 0 Å². The van der Waals surface area contributed by atoms with Gasteiger partial charge in [-0.05, 0) is 37.6 Å². The van der Waals surface area contributed by atoms with Crippen LogP contribution in [0.25, 0.3) is 17.0 Å². The predicted octanol–water partition coefficient (Wildman–Crippen LogP) is 2.90. The molecule has 1 aliphatic heterocycles. The molecule has 1 unspecified atom stereocenters. The number of esters is 1. The molecule has 34 heavy (non-hydrogen) atoms. The molecule has 8 heteroatoms. The van der Waals surface area contributed by atoms with E-state index in [-0.39, 0.29) is 23.2 Å². The Morgan fingerprint density at radius 3 is 2.65 bits per heavy atom. The molecule has 0 bridgehead atoms. The summed E-state index contributed by atoms with van der Waals surface area (Å²) >= 11 is 1.16. The molecule has 4 aromatic rings. The number of ether oxygens (including phenoxy) is 1. The molecule has 2 aromatic heterocycles. The molecule has 2 aromatic carbocycles. The van der Waals surface area contributed by atoms with Crippen molar-refractivity contribution >= 4 is 34.4 Å². The van der Waals surface area contributed by atoms with Crippen molar-refractivity contribution in [1.29, 1.82) is 0 Å². The van der Waals surface area contributed by atoms with Crippen molar-refractivity contribution in [2.45, 2.75) is 19.9 Å². The minimum Gasteiger partial charge on any atom is -0.463 e. The van der Waals surface area contributed by atoms with Crippen LogP contribution in [-0.2, 0) is 9.53 Å². The molecular weight excluding hydrogens is 452 g/mol. The van der Waals surface area contributed by atoms with Crippen molar-refractivity contribution in [1.82, 2.24) is 4.57 Å². The van der Waals surface area contributed by atoms with Gasteiger partial charge in [0.2, 0.25) is 0 Å². The van der Waals surface area contributed by atoms with E-state index in [1.807, 2.05) is 30.3 Å². The predicted molar refractivity (Wildman–Crippen MR) is 129 cm³/mol. The Bertz CT molecular complexity index is 1690. The number of carbonyl (C=O) groups excluding carboxylic acids is 1. The van der Waals surface area contributed by atoms with E-state index >= 15 is 0 Å². The zero-order valence-corrected chi connectivity index (χ0v) is 19.3. The van der Waals surface area contributed by atoms with Gasteiger partial charge in [0.25, 0.3) is 5.56 Å². The van der Waals surface area contributed by atoms with Crippen LogP contribution in [0.5, 0.6) is 0 Å². The monoisotopic (exact) mass is 472 g/mol.